The van der Waals surface area contributed by atoms with Gasteiger partial charge in [-0.05, 0) is 49.2 Å². The number of benzene rings is 2. The molecular weight excluding hydrogens is 316 g/mol. The number of halogens is 2. The molecule has 6 heteroatoms. The van der Waals surface area contributed by atoms with Gasteiger partial charge in [0, 0.05) is 0 Å². The fourth-order valence-corrected chi connectivity index (χ4v) is 2.19. The third kappa shape index (κ3) is 4.76. The smallest absolute Gasteiger partial charge is 0.258 e. The highest BCUT2D eigenvalue weighted by molar-refractivity contribution is 5.77. The molecule has 1 amide bonds. The van der Waals surface area contributed by atoms with Crippen LogP contribution in [0.4, 0.5) is 8.78 Å². The number of rotatable bonds is 6. The van der Waals surface area contributed by atoms with E-state index in [1.54, 1.807) is 19.9 Å². The second kappa shape index (κ2) is 7.88. The number of aliphatic hydroxyl groups excluding tert-OH is 1. The van der Waals surface area contributed by atoms with Gasteiger partial charge >= 0.3 is 0 Å². The molecule has 0 aliphatic rings. The van der Waals surface area contributed by atoms with Crippen LogP contribution in [0.2, 0.25) is 0 Å². The van der Waals surface area contributed by atoms with Crippen molar-refractivity contribution < 1.29 is 23.4 Å². The summed E-state index contributed by atoms with van der Waals surface area (Å²) >= 11 is 0. The number of ether oxygens (including phenoxy) is 1. The molecule has 0 fully saturated rings. The average Bonchev–Trinajstić information content (AvgIpc) is 2.55. The quantitative estimate of drug-likeness (QED) is 0.853. The lowest BCUT2D eigenvalue weighted by Crippen LogP contribution is -2.39. The van der Waals surface area contributed by atoms with Gasteiger partial charge in [-0.25, -0.2) is 8.78 Å². The third-order valence-corrected chi connectivity index (χ3v) is 3.52. The van der Waals surface area contributed by atoms with E-state index < -0.39 is 29.7 Å². The summed E-state index contributed by atoms with van der Waals surface area (Å²) in [5, 5.41) is 12.7. The van der Waals surface area contributed by atoms with Gasteiger partial charge in [0.05, 0.1) is 12.1 Å². The highest BCUT2D eigenvalue weighted by Crippen LogP contribution is 2.19. The number of amides is 1. The zero-order valence-corrected chi connectivity index (χ0v) is 13.4. The van der Waals surface area contributed by atoms with Crippen LogP contribution in [0.3, 0.4) is 0 Å². The summed E-state index contributed by atoms with van der Waals surface area (Å²) in [5.74, 6) is -1.45. The number of aryl methyl sites for hydroxylation is 1. The standard InChI is InChI=1S/C18H19F2NO3/c1-11-3-8-15(20)16(9-11)24-10-17(22)21-12(2)18(23)13-4-6-14(19)7-5-13/h3-9,12,18,23H,10H2,1-2H3,(H,21,22). The van der Waals surface area contributed by atoms with Gasteiger partial charge in [0.15, 0.2) is 18.2 Å². The Labute approximate surface area is 139 Å². The van der Waals surface area contributed by atoms with Crippen molar-refractivity contribution in [2.75, 3.05) is 6.61 Å². The first-order valence-corrected chi connectivity index (χ1v) is 7.48. The fraction of sp³-hybridized carbons (Fsp3) is 0.278. The van der Waals surface area contributed by atoms with Gasteiger partial charge < -0.3 is 15.2 Å². The van der Waals surface area contributed by atoms with E-state index in [0.29, 0.717) is 5.56 Å². The molecule has 2 N–H and O–H groups in total. The Morgan fingerprint density at radius 1 is 1.21 bits per heavy atom. The predicted molar refractivity (Wildman–Crippen MR) is 85.6 cm³/mol. The van der Waals surface area contributed by atoms with Crippen LogP contribution in [0.25, 0.3) is 0 Å². The molecule has 0 saturated carbocycles. The Balaban J connectivity index is 1.89. The summed E-state index contributed by atoms with van der Waals surface area (Å²) in [6.45, 7) is 3.02. The number of hydrogen-bond donors (Lipinski definition) is 2. The van der Waals surface area contributed by atoms with Gasteiger partial charge in [-0.1, -0.05) is 18.2 Å². The Kier molecular flexibility index (Phi) is 5.87. The summed E-state index contributed by atoms with van der Waals surface area (Å²) in [6.07, 6.45) is -0.995. The predicted octanol–water partition coefficient (Wildman–Crippen LogP) is 2.89. The second-order valence-electron chi connectivity index (χ2n) is 5.58. The van der Waals surface area contributed by atoms with E-state index in [2.05, 4.69) is 5.32 Å². The normalized spacial score (nSPS) is 13.2. The summed E-state index contributed by atoms with van der Waals surface area (Å²) in [7, 11) is 0. The zero-order valence-electron chi connectivity index (χ0n) is 13.4. The minimum absolute atomic E-state index is 0.00288. The molecule has 2 unspecified atom stereocenters. The van der Waals surface area contributed by atoms with Crippen molar-refractivity contribution in [3.8, 4) is 5.75 Å². The molecule has 128 valence electrons. The molecule has 0 radical (unpaired) electrons. The minimum Gasteiger partial charge on any atom is -0.481 e. The second-order valence-corrected chi connectivity index (χ2v) is 5.58. The van der Waals surface area contributed by atoms with Gasteiger partial charge in [0.1, 0.15) is 5.82 Å². The number of carbonyl (C=O) groups excluding carboxylic acids is 1. The first kappa shape index (κ1) is 17.9. The largest absolute Gasteiger partial charge is 0.481 e. The van der Waals surface area contributed by atoms with Crippen LogP contribution in [0, 0.1) is 18.6 Å². The van der Waals surface area contributed by atoms with E-state index in [-0.39, 0.29) is 12.4 Å². The van der Waals surface area contributed by atoms with Crippen molar-refractivity contribution in [3.63, 3.8) is 0 Å². The number of nitrogens with one attached hydrogen (secondary N) is 1. The van der Waals surface area contributed by atoms with E-state index in [1.165, 1.54) is 36.4 Å². The summed E-state index contributed by atoms with van der Waals surface area (Å²) in [5.41, 5.74) is 1.29. The van der Waals surface area contributed by atoms with E-state index in [0.717, 1.165) is 5.56 Å². The summed E-state index contributed by atoms with van der Waals surface area (Å²) in [6, 6.07) is 9.11. The molecule has 4 nitrogen and oxygen atoms in total. The first-order chi connectivity index (χ1) is 11.4. The van der Waals surface area contributed by atoms with Crippen LogP contribution >= 0.6 is 0 Å². The maximum Gasteiger partial charge on any atom is 0.258 e. The van der Waals surface area contributed by atoms with Gasteiger partial charge in [-0.2, -0.15) is 0 Å². The molecule has 2 atom stereocenters. The minimum atomic E-state index is -0.995. The monoisotopic (exact) mass is 335 g/mol. The van der Waals surface area contributed by atoms with E-state index in [9.17, 15) is 18.7 Å². The third-order valence-electron chi connectivity index (χ3n) is 3.52. The first-order valence-electron chi connectivity index (χ1n) is 7.48. The van der Waals surface area contributed by atoms with Crippen molar-refractivity contribution >= 4 is 5.91 Å². The molecule has 0 heterocycles. The van der Waals surface area contributed by atoms with Gasteiger partial charge in [0.25, 0.3) is 5.91 Å². The Morgan fingerprint density at radius 3 is 2.54 bits per heavy atom. The molecule has 2 aromatic carbocycles. The van der Waals surface area contributed by atoms with Crippen LogP contribution in [-0.2, 0) is 4.79 Å². The molecular formula is C18H19F2NO3. The van der Waals surface area contributed by atoms with Crippen LogP contribution in [0.15, 0.2) is 42.5 Å². The van der Waals surface area contributed by atoms with Gasteiger partial charge in [-0.3, -0.25) is 4.79 Å². The Bertz CT molecular complexity index is 704. The Hall–Kier alpha value is -2.47. The van der Waals surface area contributed by atoms with E-state index >= 15 is 0 Å². The van der Waals surface area contributed by atoms with Crippen molar-refractivity contribution in [2.24, 2.45) is 0 Å². The van der Waals surface area contributed by atoms with Gasteiger partial charge in [0.2, 0.25) is 0 Å². The van der Waals surface area contributed by atoms with Crippen molar-refractivity contribution in [1.29, 1.82) is 0 Å². The lowest BCUT2D eigenvalue weighted by Gasteiger charge is -2.20. The molecule has 0 aromatic heterocycles. The van der Waals surface area contributed by atoms with Crippen LogP contribution in [0.1, 0.15) is 24.2 Å². The van der Waals surface area contributed by atoms with Crippen LogP contribution in [-0.4, -0.2) is 23.7 Å². The Morgan fingerprint density at radius 2 is 1.88 bits per heavy atom. The molecule has 24 heavy (non-hydrogen) atoms. The van der Waals surface area contributed by atoms with Crippen molar-refractivity contribution in [3.05, 3.63) is 65.2 Å². The van der Waals surface area contributed by atoms with Crippen molar-refractivity contribution in [2.45, 2.75) is 26.0 Å². The molecule has 0 spiro atoms. The van der Waals surface area contributed by atoms with Crippen molar-refractivity contribution in [1.82, 2.24) is 5.32 Å². The summed E-state index contributed by atoms with van der Waals surface area (Å²) in [4.78, 5) is 11.9. The van der Waals surface area contributed by atoms with Crippen LogP contribution in [0.5, 0.6) is 5.75 Å². The van der Waals surface area contributed by atoms with E-state index in [1.807, 2.05) is 0 Å². The summed E-state index contributed by atoms with van der Waals surface area (Å²) < 4.78 is 31.6. The maximum atomic E-state index is 13.5. The zero-order chi connectivity index (χ0) is 17.7. The number of carbonyl (C=O) groups is 1. The number of aliphatic hydroxyl groups is 1. The highest BCUT2D eigenvalue weighted by Gasteiger charge is 2.19. The molecule has 0 bridgehead atoms. The highest BCUT2D eigenvalue weighted by atomic mass is 19.1. The molecule has 0 saturated heterocycles. The molecule has 2 rings (SSSR count). The lowest BCUT2D eigenvalue weighted by atomic mass is 10.0. The maximum absolute atomic E-state index is 13.5. The fourth-order valence-electron chi connectivity index (χ4n) is 2.19. The molecule has 0 aliphatic carbocycles. The van der Waals surface area contributed by atoms with Crippen LogP contribution < -0.4 is 10.1 Å². The number of hydrogen-bond acceptors (Lipinski definition) is 3. The molecule has 2 aromatic rings. The lowest BCUT2D eigenvalue weighted by molar-refractivity contribution is -0.124. The topological polar surface area (TPSA) is 58.6 Å². The average molecular weight is 335 g/mol. The SMILES string of the molecule is Cc1ccc(F)c(OCC(=O)NC(C)C(O)c2ccc(F)cc2)c1. The molecule has 0 aliphatic heterocycles. The van der Waals surface area contributed by atoms with E-state index in [4.69, 9.17) is 4.74 Å². The van der Waals surface area contributed by atoms with Gasteiger partial charge in [-0.15, -0.1) is 0 Å².